The summed E-state index contributed by atoms with van der Waals surface area (Å²) in [6.07, 6.45) is -0.628. The molecule has 0 aromatic carbocycles. The van der Waals surface area contributed by atoms with E-state index in [1.807, 2.05) is 4.90 Å². The summed E-state index contributed by atoms with van der Waals surface area (Å²) >= 11 is -0.848. The molecule has 2 N–H and O–H groups in total. The first kappa shape index (κ1) is 22.7. The van der Waals surface area contributed by atoms with Crippen molar-refractivity contribution in [2.45, 2.75) is 47.1 Å². The summed E-state index contributed by atoms with van der Waals surface area (Å²) in [6, 6.07) is 0. The SMILES string of the molecule is CC(O)N(c1nc(N2CC[S+]([O-])CC2)c2ncnc(OCC(C)(C)C)c2n1)C(C)O. The molecule has 1 aliphatic rings. The monoisotopic (exact) mass is 438 g/mol. The highest BCUT2D eigenvalue weighted by Crippen LogP contribution is 2.31. The minimum Gasteiger partial charge on any atom is -0.616 e. The standard InChI is InChI=1S/C19H30N6O4S/c1-12(26)25(13(2)27)18-22-15-14(16(23-18)24-6-8-30(28)9-7-24)20-11-21-17(15)29-10-19(3,4)5/h11-13,26-27H,6-10H2,1-5H3. The van der Waals surface area contributed by atoms with Crippen molar-refractivity contribution >= 4 is 34.0 Å². The second-order valence-electron chi connectivity index (χ2n) is 8.58. The van der Waals surface area contributed by atoms with Crippen LogP contribution in [0.1, 0.15) is 34.6 Å². The van der Waals surface area contributed by atoms with E-state index in [2.05, 4.69) is 40.7 Å². The molecule has 1 fully saturated rings. The van der Waals surface area contributed by atoms with Crippen molar-refractivity contribution in [3.63, 3.8) is 0 Å². The van der Waals surface area contributed by atoms with Gasteiger partial charge in [0.2, 0.25) is 11.8 Å². The third-order valence-corrected chi connectivity index (χ3v) is 5.85. The minimum absolute atomic E-state index is 0.0852. The van der Waals surface area contributed by atoms with Crippen molar-refractivity contribution in [3.8, 4) is 5.88 Å². The van der Waals surface area contributed by atoms with Gasteiger partial charge in [-0.25, -0.2) is 9.97 Å². The maximum atomic E-state index is 11.8. The third kappa shape index (κ3) is 5.20. The lowest BCUT2D eigenvalue weighted by molar-refractivity contribution is 0.103. The Labute approximate surface area is 179 Å². The molecule has 2 aromatic heterocycles. The molecule has 0 bridgehead atoms. The van der Waals surface area contributed by atoms with Crippen molar-refractivity contribution < 1.29 is 19.5 Å². The van der Waals surface area contributed by atoms with E-state index < -0.39 is 23.6 Å². The largest absolute Gasteiger partial charge is 0.616 e. The molecule has 1 saturated heterocycles. The van der Waals surface area contributed by atoms with Gasteiger partial charge in [-0.05, 0) is 19.3 Å². The number of fused-ring (bicyclic) bond motifs is 1. The van der Waals surface area contributed by atoms with E-state index >= 15 is 0 Å². The molecule has 2 atom stereocenters. The number of rotatable bonds is 6. The molecule has 0 aliphatic carbocycles. The molecular formula is C19H30N6O4S. The zero-order valence-corrected chi connectivity index (χ0v) is 18.9. The van der Waals surface area contributed by atoms with Crippen molar-refractivity contribution in [2.75, 3.05) is 41.0 Å². The Morgan fingerprint density at radius 1 is 1.13 bits per heavy atom. The molecule has 166 valence electrons. The number of aromatic nitrogens is 4. The van der Waals surface area contributed by atoms with Crippen LogP contribution in [0.5, 0.6) is 5.88 Å². The number of anilines is 2. The van der Waals surface area contributed by atoms with E-state index in [-0.39, 0.29) is 11.4 Å². The van der Waals surface area contributed by atoms with E-state index in [9.17, 15) is 14.8 Å². The highest BCUT2D eigenvalue weighted by Gasteiger charge is 2.28. The molecule has 0 saturated carbocycles. The maximum absolute atomic E-state index is 11.8. The summed E-state index contributed by atoms with van der Waals surface area (Å²) in [4.78, 5) is 21.1. The maximum Gasteiger partial charge on any atom is 0.244 e. The minimum atomic E-state index is -1.02. The number of aliphatic hydroxyl groups is 2. The Morgan fingerprint density at radius 2 is 1.77 bits per heavy atom. The fourth-order valence-electron chi connectivity index (χ4n) is 3.12. The van der Waals surface area contributed by atoms with Gasteiger partial charge >= 0.3 is 0 Å². The lowest BCUT2D eigenvalue weighted by Gasteiger charge is -2.32. The van der Waals surface area contributed by atoms with Crippen LogP contribution >= 0.6 is 0 Å². The first-order valence-electron chi connectivity index (χ1n) is 9.97. The topological polar surface area (TPSA) is 131 Å². The van der Waals surface area contributed by atoms with Crippen LogP contribution in [0.15, 0.2) is 6.33 Å². The van der Waals surface area contributed by atoms with E-state index in [1.54, 1.807) is 0 Å². The highest BCUT2D eigenvalue weighted by molar-refractivity contribution is 7.91. The summed E-state index contributed by atoms with van der Waals surface area (Å²) in [7, 11) is 0. The first-order valence-corrected chi connectivity index (χ1v) is 11.5. The van der Waals surface area contributed by atoms with Gasteiger partial charge in [0, 0.05) is 0 Å². The van der Waals surface area contributed by atoms with Gasteiger partial charge in [0.15, 0.2) is 11.3 Å². The molecule has 1 aliphatic heterocycles. The summed E-state index contributed by atoms with van der Waals surface area (Å²) in [5.41, 5.74) is 0.833. The Hall–Kier alpha value is -1.95. The zero-order valence-electron chi connectivity index (χ0n) is 18.1. The van der Waals surface area contributed by atoms with Crippen LogP contribution in [0.3, 0.4) is 0 Å². The Balaban J connectivity index is 2.14. The van der Waals surface area contributed by atoms with Crippen LogP contribution < -0.4 is 14.5 Å². The fourth-order valence-corrected chi connectivity index (χ4v) is 4.17. The fraction of sp³-hybridized carbons (Fsp3) is 0.684. The second kappa shape index (κ2) is 9.04. The van der Waals surface area contributed by atoms with Gasteiger partial charge in [-0.1, -0.05) is 31.9 Å². The number of nitrogens with zero attached hydrogens (tertiary/aromatic N) is 6. The third-order valence-electron chi connectivity index (χ3n) is 4.57. The molecule has 3 rings (SSSR count). The number of aliphatic hydroxyl groups excluding tert-OH is 2. The first-order chi connectivity index (χ1) is 14.1. The summed E-state index contributed by atoms with van der Waals surface area (Å²) in [6.45, 7) is 10.8. The molecule has 11 heteroatoms. The smallest absolute Gasteiger partial charge is 0.244 e. The van der Waals surface area contributed by atoms with Gasteiger partial charge in [0.05, 0.1) is 19.7 Å². The van der Waals surface area contributed by atoms with Gasteiger partial charge in [-0.3, -0.25) is 4.90 Å². The van der Waals surface area contributed by atoms with Gasteiger partial charge in [0.1, 0.15) is 35.8 Å². The molecule has 2 unspecified atom stereocenters. The van der Waals surface area contributed by atoms with Gasteiger partial charge in [0.25, 0.3) is 0 Å². The normalized spacial score (nSPS) is 17.8. The van der Waals surface area contributed by atoms with Crippen molar-refractivity contribution in [3.05, 3.63) is 6.33 Å². The van der Waals surface area contributed by atoms with E-state index in [0.29, 0.717) is 53.9 Å². The van der Waals surface area contributed by atoms with Gasteiger partial charge in [-0.15, -0.1) is 0 Å². The quantitative estimate of drug-likeness (QED) is 0.495. The molecule has 10 nitrogen and oxygen atoms in total. The Bertz CT molecular complexity index is 860. The van der Waals surface area contributed by atoms with Crippen LogP contribution in [0.2, 0.25) is 0 Å². The number of hydrogen-bond acceptors (Lipinski definition) is 10. The molecule has 2 aromatic rings. The predicted octanol–water partition coefficient (Wildman–Crippen LogP) is 0.896. The molecule has 3 heterocycles. The predicted molar refractivity (Wildman–Crippen MR) is 116 cm³/mol. The van der Waals surface area contributed by atoms with Crippen LogP contribution in [-0.2, 0) is 11.2 Å². The number of ether oxygens (including phenoxy) is 1. The van der Waals surface area contributed by atoms with Gasteiger partial charge in [-0.2, -0.15) is 9.97 Å². The van der Waals surface area contributed by atoms with Crippen LogP contribution in [0.4, 0.5) is 11.8 Å². The van der Waals surface area contributed by atoms with E-state index in [4.69, 9.17) is 4.74 Å². The van der Waals surface area contributed by atoms with E-state index in [0.717, 1.165) is 0 Å². The van der Waals surface area contributed by atoms with Crippen LogP contribution in [0.25, 0.3) is 11.0 Å². The molecule has 0 amide bonds. The Kier molecular flexibility index (Phi) is 6.85. The average molecular weight is 439 g/mol. The lowest BCUT2D eigenvalue weighted by Crippen LogP contribution is -2.43. The van der Waals surface area contributed by atoms with Crippen LogP contribution in [0, 0.1) is 5.41 Å². The lowest BCUT2D eigenvalue weighted by atomic mass is 9.99. The van der Waals surface area contributed by atoms with Crippen molar-refractivity contribution in [2.24, 2.45) is 5.41 Å². The summed E-state index contributed by atoms with van der Waals surface area (Å²) < 4.78 is 17.8. The molecule has 0 spiro atoms. The van der Waals surface area contributed by atoms with Crippen molar-refractivity contribution in [1.82, 2.24) is 19.9 Å². The van der Waals surface area contributed by atoms with E-state index in [1.165, 1.54) is 25.1 Å². The van der Waals surface area contributed by atoms with Crippen molar-refractivity contribution in [1.29, 1.82) is 0 Å². The highest BCUT2D eigenvalue weighted by atomic mass is 32.2. The molecule has 0 radical (unpaired) electrons. The zero-order chi connectivity index (χ0) is 22.1. The Morgan fingerprint density at radius 3 is 2.33 bits per heavy atom. The second-order valence-corrected chi connectivity index (χ2v) is 10.3. The summed E-state index contributed by atoms with van der Waals surface area (Å²) in [5, 5.41) is 20.4. The average Bonchev–Trinajstić information content (AvgIpc) is 2.65. The van der Waals surface area contributed by atoms with Gasteiger partial charge < -0.3 is 24.4 Å². The number of hydrogen-bond donors (Lipinski definition) is 2. The summed E-state index contributed by atoms with van der Waals surface area (Å²) in [5.74, 6) is 2.08. The van der Waals surface area contributed by atoms with Crippen LogP contribution in [-0.4, -0.2) is 78.4 Å². The molecular weight excluding hydrogens is 408 g/mol. The molecule has 30 heavy (non-hydrogen) atoms.